The third-order valence-corrected chi connectivity index (χ3v) is 3.63. The molecule has 1 aromatic carbocycles. The van der Waals surface area contributed by atoms with Crippen molar-refractivity contribution in [3.8, 4) is 0 Å². The van der Waals surface area contributed by atoms with Gasteiger partial charge in [0, 0.05) is 11.2 Å². The van der Waals surface area contributed by atoms with Crippen LogP contribution in [-0.2, 0) is 6.42 Å². The molecule has 1 amide bonds. The van der Waals surface area contributed by atoms with E-state index < -0.39 is 0 Å². The summed E-state index contributed by atoms with van der Waals surface area (Å²) in [5, 5.41) is 11.1. The number of hydrogen-bond acceptors (Lipinski definition) is 4. The number of pyridine rings is 1. The topological polar surface area (TPSA) is 67.8 Å². The molecule has 0 spiro atoms. The van der Waals surface area contributed by atoms with Crippen molar-refractivity contribution in [2.75, 3.05) is 5.32 Å². The molecule has 0 unspecified atom stereocenters. The van der Waals surface area contributed by atoms with Gasteiger partial charge in [-0.25, -0.2) is 4.98 Å². The Bertz CT molecular complexity index is 848. The van der Waals surface area contributed by atoms with Crippen molar-refractivity contribution in [3.63, 3.8) is 0 Å². The van der Waals surface area contributed by atoms with E-state index in [9.17, 15) is 4.79 Å². The third-order valence-electron chi connectivity index (χ3n) is 3.39. The van der Waals surface area contributed by atoms with Crippen LogP contribution in [0.2, 0.25) is 5.02 Å². The van der Waals surface area contributed by atoms with E-state index in [1.165, 1.54) is 0 Å². The van der Waals surface area contributed by atoms with E-state index in [0.717, 1.165) is 23.2 Å². The van der Waals surface area contributed by atoms with Gasteiger partial charge in [-0.05, 0) is 54.8 Å². The van der Waals surface area contributed by atoms with Crippen molar-refractivity contribution in [1.82, 2.24) is 15.2 Å². The predicted molar refractivity (Wildman–Crippen MR) is 93.2 cm³/mol. The fraction of sp³-hybridized carbons (Fsp3) is 0.111. The largest absolute Gasteiger partial charge is 0.305 e. The summed E-state index contributed by atoms with van der Waals surface area (Å²) in [6.45, 7) is 1.81. The number of halogens is 1. The number of amides is 1. The molecular formula is C18H15ClN4O. The minimum atomic E-state index is -0.336. The first kappa shape index (κ1) is 16.1. The third kappa shape index (κ3) is 4.14. The normalized spacial score (nSPS) is 10.4. The number of hydrogen-bond donors (Lipinski definition) is 1. The molecular weight excluding hydrogens is 324 g/mol. The van der Waals surface area contributed by atoms with Crippen LogP contribution >= 0.6 is 11.6 Å². The molecule has 3 aromatic rings. The van der Waals surface area contributed by atoms with Crippen molar-refractivity contribution in [2.24, 2.45) is 0 Å². The van der Waals surface area contributed by atoms with E-state index in [0.29, 0.717) is 10.8 Å². The maximum Gasteiger partial charge on any atom is 0.277 e. The fourth-order valence-corrected chi connectivity index (χ4v) is 2.40. The SMILES string of the molecule is Cc1ccc(C(=O)Nc2ccc(Cc3cccc(Cl)c3)cn2)nn1. The van der Waals surface area contributed by atoms with Gasteiger partial charge in [0.25, 0.3) is 5.91 Å². The summed E-state index contributed by atoms with van der Waals surface area (Å²) < 4.78 is 0. The van der Waals surface area contributed by atoms with Crippen molar-refractivity contribution >= 4 is 23.3 Å². The van der Waals surface area contributed by atoms with E-state index in [-0.39, 0.29) is 11.6 Å². The zero-order valence-corrected chi connectivity index (χ0v) is 13.8. The Labute approximate surface area is 144 Å². The second-order valence-electron chi connectivity index (χ2n) is 5.37. The van der Waals surface area contributed by atoms with Gasteiger partial charge in [-0.1, -0.05) is 29.8 Å². The Kier molecular flexibility index (Phi) is 4.82. The maximum atomic E-state index is 12.1. The van der Waals surface area contributed by atoms with Gasteiger partial charge in [0.15, 0.2) is 5.69 Å². The summed E-state index contributed by atoms with van der Waals surface area (Å²) in [6, 6.07) is 14.8. The van der Waals surface area contributed by atoms with Gasteiger partial charge in [-0.2, -0.15) is 5.10 Å². The Morgan fingerprint density at radius 3 is 2.62 bits per heavy atom. The first-order valence-corrected chi connectivity index (χ1v) is 7.79. The summed E-state index contributed by atoms with van der Waals surface area (Å²) in [5.74, 6) is 0.134. The number of carbonyl (C=O) groups excluding carboxylic acids is 1. The molecule has 0 saturated carbocycles. The second kappa shape index (κ2) is 7.19. The van der Waals surface area contributed by atoms with Crippen LogP contribution in [0.1, 0.15) is 27.3 Å². The Balaban J connectivity index is 1.66. The molecule has 2 aromatic heterocycles. The first-order valence-electron chi connectivity index (χ1n) is 7.41. The molecule has 0 atom stereocenters. The quantitative estimate of drug-likeness (QED) is 0.788. The molecule has 120 valence electrons. The van der Waals surface area contributed by atoms with Gasteiger partial charge < -0.3 is 5.32 Å². The molecule has 0 aliphatic rings. The second-order valence-corrected chi connectivity index (χ2v) is 5.81. The molecule has 1 N–H and O–H groups in total. The van der Waals surface area contributed by atoms with Gasteiger partial charge in [-0.15, -0.1) is 5.10 Å². The van der Waals surface area contributed by atoms with Crippen LogP contribution in [0.15, 0.2) is 54.7 Å². The summed E-state index contributed by atoms with van der Waals surface area (Å²) >= 11 is 5.99. The highest BCUT2D eigenvalue weighted by molar-refractivity contribution is 6.30. The molecule has 24 heavy (non-hydrogen) atoms. The minimum Gasteiger partial charge on any atom is -0.305 e. The molecule has 0 aliphatic heterocycles. The fourth-order valence-electron chi connectivity index (χ4n) is 2.19. The smallest absolute Gasteiger partial charge is 0.277 e. The molecule has 6 heteroatoms. The van der Waals surface area contributed by atoms with Crippen LogP contribution in [0.4, 0.5) is 5.82 Å². The van der Waals surface area contributed by atoms with Crippen molar-refractivity contribution in [1.29, 1.82) is 0 Å². The number of rotatable bonds is 4. The molecule has 0 aliphatic carbocycles. The van der Waals surface area contributed by atoms with Crippen LogP contribution in [0, 0.1) is 6.92 Å². The zero-order valence-electron chi connectivity index (χ0n) is 13.0. The highest BCUT2D eigenvalue weighted by Crippen LogP contribution is 2.15. The molecule has 3 rings (SSSR count). The van der Waals surface area contributed by atoms with E-state index >= 15 is 0 Å². The lowest BCUT2D eigenvalue weighted by Crippen LogP contribution is -2.15. The standard InChI is InChI=1S/C18H15ClN4O/c1-12-5-7-16(23-22-12)18(24)21-17-8-6-14(11-20-17)9-13-3-2-4-15(19)10-13/h2-8,10-11H,9H2,1H3,(H,20,21,24). The van der Waals surface area contributed by atoms with Gasteiger partial charge in [0.1, 0.15) is 5.82 Å². The maximum absolute atomic E-state index is 12.1. The van der Waals surface area contributed by atoms with Gasteiger partial charge in [0.05, 0.1) is 5.69 Å². The summed E-state index contributed by atoms with van der Waals surface area (Å²) in [7, 11) is 0. The van der Waals surface area contributed by atoms with Crippen molar-refractivity contribution < 1.29 is 4.79 Å². The first-order chi connectivity index (χ1) is 11.6. The van der Waals surface area contributed by atoms with E-state index in [4.69, 9.17) is 11.6 Å². The summed E-state index contributed by atoms with van der Waals surface area (Å²) in [4.78, 5) is 16.3. The Hall–Kier alpha value is -2.79. The number of carbonyl (C=O) groups is 1. The Morgan fingerprint density at radius 1 is 1.08 bits per heavy atom. The zero-order chi connectivity index (χ0) is 16.9. The molecule has 0 radical (unpaired) electrons. The number of nitrogens with zero attached hydrogens (tertiary/aromatic N) is 3. The summed E-state index contributed by atoms with van der Waals surface area (Å²) in [5.41, 5.74) is 3.15. The van der Waals surface area contributed by atoms with Gasteiger partial charge in [-0.3, -0.25) is 4.79 Å². The van der Waals surface area contributed by atoms with E-state index in [1.54, 1.807) is 24.4 Å². The molecule has 5 nitrogen and oxygen atoms in total. The minimum absolute atomic E-state index is 0.255. The average molecular weight is 339 g/mol. The molecule has 0 bridgehead atoms. The van der Waals surface area contributed by atoms with Crippen LogP contribution < -0.4 is 5.32 Å². The number of aryl methyl sites for hydroxylation is 1. The van der Waals surface area contributed by atoms with Crippen LogP contribution in [0.25, 0.3) is 0 Å². The van der Waals surface area contributed by atoms with Crippen LogP contribution in [0.3, 0.4) is 0 Å². The number of anilines is 1. The van der Waals surface area contributed by atoms with Crippen LogP contribution in [-0.4, -0.2) is 21.1 Å². The van der Waals surface area contributed by atoms with Crippen molar-refractivity contribution in [2.45, 2.75) is 13.3 Å². The van der Waals surface area contributed by atoms with E-state index in [1.807, 2.05) is 37.3 Å². The highest BCUT2D eigenvalue weighted by Gasteiger charge is 2.09. The van der Waals surface area contributed by atoms with Gasteiger partial charge >= 0.3 is 0 Å². The number of benzene rings is 1. The summed E-state index contributed by atoms with van der Waals surface area (Å²) in [6.07, 6.45) is 2.46. The number of nitrogens with one attached hydrogen (secondary N) is 1. The lowest BCUT2D eigenvalue weighted by molar-refractivity contribution is 0.102. The monoisotopic (exact) mass is 338 g/mol. The highest BCUT2D eigenvalue weighted by atomic mass is 35.5. The van der Waals surface area contributed by atoms with Crippen molar-refractivity contribution in [3.05, 3.63) is 82.3 Å². The van der Waals surface area contributed by atoms with E-state index in [2.05, 4.69) is 20.5 Å². The number of aromatic nitrogens is 3. The Morgan fingerprint density at radius 2 is 1.96 bits per heavy atom. The molecule has 0 fully saturated rings. The predicted octanol–water partition coefficient (Wildman–Crippen LogP) is 3.68. The average Bonchev–Trinajstić information content (AvgIpc) is 2.57. The molecule has 0 saturated heterocycles. The lowest BCUT2D eigenvalue weighted by Gasteiger charge is -2.06. The van der Waals surface area contributed by atoms with Gasteiger partial charge in [0.2, 0.25) is 0 Å². The molecule has 2 heterocycles. The van der Waals surface area contributed by atoms with Crippen LogP contribution in [0.5, 0.6) is 0 Å². The lowest BCUT2D eigenvalue weighted by atomic mass is 10.1.